The lowest BCUT2D eigenvalue weighted by molar-refractivity contribution is 0.0638. The molecule has 1 fully saturated rings. The molecule has 1 aromatic carbocycles. The molecule has 3 heterocycles. The summed E-state index contributed by atoms with van der Waals surface area (Å²) < 4.78 is 2.37. The quantitative estimate of drug-likeness (QED) is 0.600. The molecule has 4 rings (SSSR count). The lowest BCUT2D eigenvalue weighted by atomic mass is 10.1. The van der Waals surface area contributed by atoms with Crippen molar-refractivity contribution in [2.24, 2.45) is 0 Å². The van der Waals surface area contributed by atoms with Gasteiger partial charge in [-0.1, -0.05) is 22.0 Å². The molecule has 1 aliphatic heterocycles. The lowest BCUT2D eigenvalue weighted by Gasteiger charge is -2.35. The molecule has 0 unspecified atom stereocenters. The van der Waals surface area contributed by atoms with Gasteiger partial charge in [0.15, 0.2) is 0 Å². The third-order valence-electron chi connectivity index (χ3n) is 4.85. The normalized spacial score (nSPS) is 15.0. The average molecular weight is 442 g/mol. The molecule has 1 saturated heterocycles. The second-order valence-electron chi connectivity index (χ2n) is 6.62. The highest BCUT2D eigenvalue weighted by Crippen LogP contribution is 2.21. The molecule has 9 heteroatoms. The number of amides is 1. The molecule has 144 valence electrons. The van der Waals surface area contributed by atoms with Crippen LogP contribution in [0.2, 0.25) is 0 Å². The molecule has 0 radical (unpaired) electrons. The summed E-state index contributed by atoms with van der Waals surface area (Å²) in [5.74, 6) is -0.00354. The summed E-state index contributed by atoms with van der Waals surface area (Å²) in [6.45, 7) is 4.05. The first-order valence-corrected chi connectivity index (χ1v) is 9.94. The van der Waals surface area contributed by atoms with Crippen LogP contribution in [0.1, 0.15) is 16.1 Å². The molecule has 0 N–H and O–H groups in total. The average Bonchev–Trinajstić information content (AvgIpc) is 3.27. The third-order valence-corrected chi connectivity index (χ3v) is 5.35. The molecule has 0 saturated carbocycles. The fourth-order valence-corrected chi connectivity index (χ4v) is 3.68. The van der Waals surface area contributed by atoms with E-state index in [2.05, 4.69) is 41.3 Å². The van der Waals surface area contributed by atoms with Crippen LogP contribution in [0.4, 0.5) is 0 Å². The van der Waals surface area contributed by atoms with E-state index in [1.807, 2.05) is 47.5 Å². The van der Waals surface area contributed by atoms with Crippen molar-refractivity contribution in [1.82, 2.24) is 35.0 Å². The summed E-state index contributed by atoms with van der Waals surface area (Å²) in [5, 5.41) is 11.3. The number of halogens is 1. The lowest BCUT2D eigenvalue weighted by Crippen LogP contribution is -2.49. The molecule has 1 aliphatic rings. The van der Waals surface area contributed by atoms with Crippen LogP contribution >= 0.6 is 15.9 Å². The predicted octanol–water partition coefficient (Wildman–Crippen LogP) is 1.82. The van der Waals surface area contributed by atoms with Crippen LogP contribution in [-0.2, 0) is 6.42 Å². The van der Waals surface area contributed by atoms with Crippen LogP contribution in [0.5, 0.6) is 0 Å². The molecule has 28 heavy (non-hydrogen) atoms. The second-order valence-corrected chi connectivity index (χ2v) is 7.54. The zero-order chi connectivity index (χ0) is 19.3. The summed E-state index contributed by atoms with van der Waals surface area (Å²) in [6.07, 6.45) is 4.24. The molecule has 2 aromatic heterocycles. The van der Waals surface area contributed by atoms with E-state index < -0.39 is 0 Å². The van der Waals surface area contributed by atoms with Gasteiger partial charge in [-0.05, 0) is 40.8 Å². The van der Waals surface area contributed by atoms with Crippen LogP contribution in [0.15, 0.2) is 53.4 Å². The van der Waals surface area contributed by atoms with E-state index in [1.54, 1.807) is 0 Å². The molecule has 0 bridgehead atoms. The number of pyridine rings is 1. The number of aromatic nitrogens is 5. The van der Waals surface area contributed by atoms with Gasteiger partial charge in [0.25, 0.3) is 5.91 Å². The van der Waals surface area contributed by atoms with Crippen molar-refractivity contribution >= 4 is 21.8 Å². The van der Waals surface area contributed by atoms with Crippen LogP contribution in [0.3, 0.4) is 0 Å². The van der Waals surface area contributed by atoms with Crippen molar-refractivity contribution in [3.63, 3.8) is 0 Å². The highest BCUT2D eigenvalue weighted by Gasteiger charge is 2.24. The van der Waals surface area contributed by atoms with E-state index in [4.69, 9.17) is 0 Å². The minimum absolute atomic E-state index is 0.00354. The van der Waals surface area contributed by atoms with Gasteiger partial charge in [-0.2, -0.15) is 4.68 Å². The summed E-state index contributed by atoms with van der Waals surface area (Å²) in [7, 11) is 0. The zero-order valence-corrected chi connectivity index (χ0v) is 16.9. The van der Waals surface area contributed by atoms with Gasteiger partial charge in [-0.15, -0.1) is 5.10 Å². The largest absolute Gasteiger partial charge is 0.336 e. The zero-order valence-electron chi connectivity index (χ0n) is 15.3. The first-order chi connectivity index (χ1) is 13.7. The smallest absolute Gasteiger partial charge is 0.256 e. The van der Waals surface area contributed by atoms with E-state index >= 15 is 0 Å². The molecular weight excluding hydrogens is 422 g/mol. The maximum atomic E-state index is 13.1. The van der Waals surface area contributed by atoms with Crippen LogP contribution in [-0.4, -0.2) is 73.6 Å². The Bertz CT molecular complexity index is 925. The Kier molecular flexibility index (Phi) is 5.73. The summed E-state index contributed by atoms with van der Waals surface area (Å²) in [5.41, 5.74) is 2.36. The van der Waals surface area contributed by atoms with Crippen molar-refractivity contribution in [2.75, 3.05) is 32.7 Å². The Morgan fingerprint density at radius 2 is 1.96 bits per heavy atom. The number of hydrogen-bond donors (Lipinski definition) is 0. The number of tetrazole rings is 1. The number of carbonyl (C=O) groups is 1. The minimum Gasteiger partial charge on any atom is -0.336 e. The second kappa shape index (κ2) is 8.57. The van der Waals surface area contributed by atoms with Crippen molar-refractivity contribution in [1.29, 1.82) is 0 Å². The Labute approximate surface area is 171 Å². The standard InChI is InChI=1S/C19H20BrN7O/c20-15-4-5-18(27-14-22-23-24-27)17(13-15)19(28)26-11-9-25(10-12-26)8-6-16-3-1-2-7-21-16/h1-5,7,13-14H,6,8-12H2. The van der Waals surface area contributed by atoms with Gasteiger partial charge in [0.1, 0.15) is 6.33 Å². The van der Waals surface area contributed by atoms with E-state index in [0.29, 0.717) is 24.3 Å². The Morgan fingerprint density at radius 1 is 1.11 bits per heavy atom. The number of carbonyl (C=O) groups excluding carboxylic acids is 1. The Balaban J connectivity index is 1.40. The van der Waals surface area contributed by atoms with Gasteiger partial charge >= 0.3 is 0 Å². The third kappa shape index (κ3) is 4.26. The van der Waals surface area contributed by atoms with Crippen LogP contribution < -0.4 is 0 Å². The first-order valence-electron chi connectivity index (χ1n) is 9.15. The highest BCUT2D eigenvalue weighted by atomic mass is 79.9. The van der Waals surface area contributed by atoms with Gasteiger partial charge in [0, 0.05) is 55.5 Å². The van der Waals surface area contributed by atoms with Crippen molar-refractivity contribution in [2.45, 2.75) is 6.42 Å². The fraction of sp³-hybridized carbons (Fsp3) is 0.316. The summed E-state index contributed by atoms with van der Waals surface area (Å²) >= 11 is 3.46. The fourth-order valence-electron chi connectivity index (χ4n) is 3.31. The Morgan fingerprint density at radius 3 is 2.68 bits per heavy atom. The number of nitrogens with zero attached hydrogens (tertiary/aromatic N) is 7. The Hall–Kier alpha value is -2.65. The van der Waals surface area contributed by atoms with Crippen LogP contribution in [0.25, 0.3) is 5.69 Å². The van der Waals surface area contributed by atoms with Gasteiger partial charge in [-0.25, -0.2) is 0 Å². The van der Waals surface area contributed by atoms with E-state index in [0.717, 1.165) is 36.2 Å². The molecule has 3 aromatic rings. The molecule has 8 nitrogen and oxygen atoms in total. The molecule has 0 spiro atoms. The summed E-state index contributed by atoms with van der Waals surface area (Å²) in [4.78, 5) is 21.8. The van der Waals surface area contributed by atoms with E-state index in [-0.39, 0.29) is 5.91 Å². The molecule has 1 amide bonds. The van der Waals surface area contributed by atoms with Gasteiger partial charge in [0.05, 0.1) is 11.3 Å². The predicted molar refractivity (Wildman–Crippen MR) is 107 cm³/mol. The van der Waals surface area contributed by atoms with Crippen molar-refractivity contribution < 1.29 is 4.79 Å². The van der Waals surface area contributed by atoms with Crippen molar-refractivity contribution in [3.8, 4) is 5.69 Å². The highest BCUT2D eigenvalue weighted by molar-refractivity contribution is 9.10. The van der Waals surface area contributed by atoms with E-state index in [1.165, 1.54) is 11.0 Å². The van der Waals surface area contributed by atoms with Gasteiger partial charge < -0.3 is 4.90 Å². The topological polar surface area (TPSA) is 80.0 Å². The number of hydrogen-bond acceptors (Lipinski definition) is 6. The first kappa shape index (κ1) is 18.7. The van der Waals surface area contributed by atoms with Crippen LogP contribution in [0, 0.1) is 0 Å². The maximum Gasteiger partial charge on any atom is 0.256 e. The maximum absolute atomic E-state index is 13.1. The molecular formula is C19H20BrN7O. The van der Waals surface area contributed by atoms with E-state index in [9.17, 15) is 4.79 Å². The molecule has 0 atom stereocenters. The number of benzene rings is 1. The SMILES string of the molecule is O=C(c1cc(Br)ccc1-n1cnnn1)N1CCN(CCc2ccccn2)CC1. The van der Waals surface area contributed by atoms with Crippen molar-refractivity contribution in [3.05, 3.63) is 64.7 Å². The molecule has 0 aliphatic carbocycles. The number of rotatable bonds is 5. The summed E-state index contributed by atoms with van der Waals surface area (Å²) in [6, 6.07) is 11.5. The number of piperazine rings is 1. The monoisotopic (exact) mass is 441 g/mol. The van der Waals surface area contributed by atoms with Gasteiger partial charge in [-0.3, -0.25) is 14.7 Å². The van der Waals surface area contributed by atoms with Gasteiger partial charge in [0.2, 0.25) is 0 Å². The minimum atomic E-state index is -0.00354.